The van der Waals surface area contributed by atoms with E-state index in [9.17, 15) is 0 Å². The monoisotopic (exact) mass is 315 g/mol. The van der Waals surface area contributed by atoms with Crippen molar-refractivity contribution in [2.45, 2.75) is 66.6 Å². The molecule has 22 heavy (non-hydrogen) atoms. The van der Waals surface area contributed by atoms with Gasteiger partial charge in [0.2, 0.25) is 0 Å². The molecule has 0 N–H and O–H groups in total. The molecule has 0 aliphatic carbocycles. The summed E-state index contributed by atoms with van der Waals surface area (Å²) in [5, 5.41) is 0.508. The third kappa shape index (κ3) is 3.17. The van der Waals surface area contributed by atoms with Gasteiger partial charge in [0.1, 0.15) is 0 Å². The summed E-state index contributed by atoms with van der Waals surface area (Å²) in [6, 6.07) is 0. The Morgan fingerprint density at radius 2 is 1.64 bits per heavy atom. The molecule has 0 radical (unpaired) electrons. The number of fused-ring (bicyclic) bond motifs is 1. The molecule has 1 aliphatic rings. The van der Waals surface area contributed by atoms with Crippen LogP contribution in [-0.2, 0) is 0 Å². The van der Waals surface area contributed by atoms with Crippen molar-refractivity contribution in [1.29, 1.82) is 0 Å². The molecular weight excluding hydrogens is 286 g/mol. The van der Waals surface area contributed by atoms with Crippen molar-refractivity contribution in [3.05, 3.63) is 39.6 Å². The van der Waals surface area contributed by atoms with Crippen LogP contribution in [0.1, 0.15) is 76.8 Å². The van der Waals surface area contributed by atoms with Gasteiger partial charge >= 0.3 is 0 Å². The zero-order valence-corrected chi connectivity index (χ0v) is 16.1. The highest BCUT2D eigenvalue weighted by Gasteiger charge is 2.24. The summed E-state index contributed by atoms with van der Waals surface area (Å²) < 4.78 is 0. The lowest BCUT2D eigenvalue weighted by Crippen LogP contribution is -2.11. The summed E-state index contributed by atoms with van der Waals surface area (Å²) >= 11 is 1.97. The lowest BCUT2D eigenvalue weighted by molar-refractivity contribution is 0.817. The Morgan fingerprint density at radius 1 is 1.00 bits per heavy atom. The van der Waals surface area contributed by atoms with Crippen molar-refractivity contribution in [2.75, 3.05) is 0 Å². The van der Waals surface area contributed by atoms with Gasteiger partial charge in [-0.05, 0) is 66.7 Å². The van der Waals surface area contributed by atoms with Crippen LogP contribution in [0.5, 0.6) is 0 Å². The van der Waals surface area contributed by atoms with E-state index in [1.54, 1.807) is 0 Å². The highest BCUT2D eigenvalue weighted by Crippen LogP contribution is 2.43. The first-order valence-corrected chi connectivity index (χ1v) is 9.18. The molecule has 2 heteroatoms. The van der Waals surface area contributed by atoms with Crippen molar-refractivity contribution in [3.63, 3.8) is 0 Å². The molecule has 0 fully saturated rings. The van der Waals surface area contributed by atoms with E-state index in [1.165, 1.54) is 32.7 Å². The van der Waals surface area contributed by atoms with Gasteiger partial charge in [-0.25, -0.2) is 0 Å². The molecule has 0 amide bonds. The standard InChI is InChI=1S/C20H29NS/c1-11(2)17-9-13(5)22-16(8)14(6)19-15(7)21-10-18(12(3)4)20(17)19/h9-13H,1-8H3/b16-14-,17-9-/t13-/m1/s1. The second kappa shape index (κ2) is 6.62. The molecule has 0 saturated carbocycles. The quantitative estimate of drug-likeness (QED) is 0.623. The van der Waals surface area contributed by atoms with Gasteiger partial charge < -0.3 is 0 Å². The van der Waals surface area contributed by atoms with Gasteiger partial charge in [0.15, 0.2) is 0 Å². The third-order valence-corrected chi connectivity index (χ3v) is 5.68. The van der Waals surface area contributed by atoms with Crippen LogP contribution in [-0.4, -0.2) is 10.2 Å². The van der Waals surface area contributed by atoms with Gasteiger partial charge in [0.25, 0.3) is 0 Å². The highest BCUT2D eigenvalue weighted by atomic mass is 32.2. The smallest absolute Gasteiger partial charge is 0.0454 e. The summed E-state index contributed by atoms with van der Waals surface area (Å²) in [5.74, 6) is 1.01. The Labute approximate surface area is 140 Å². The van der Waals surface area contributed by atoms with E-state index in [0.717, 1.165) is 5.69 Å². The zero-order chi connectivity index (χ0) is 16.6. The number of nitrogens with zero attached hydrogens (tertiary/aromatic N) is 1. The number of aromatic nitrogens is 1. The van der Waals surface area contributed by atoms with Gasteiger partial charge in [-0.3, -0.25) is 4.98 Å². The third-order valence-electron chi connectivity index (χ3n) is 4.51. The minimum atomic E-state index is 0.486. The number of allylic oxidation sites excluding steroid dienone is 3. The topological polar surface area (TPSA) is 12.9 Å². The minimum Gasteiger partial charge on any atom is -0.261 e. The molecule has 1 aliphatic heterocycles. The SMILES string of the molecule is C/C1=C(\C)c2c(C)ncc(C(C)C)c2/C(C(C)C)=C\[C@@H](C)S1. The number of aryl methyl sites for hydroxylation is 1. The van der Waals surface area contributed by atoms with E-state index in [1.807, 2.05) is 11.8 Å². The minimum absolute atomic E-state index is 0.486. The normalized spacial score (nSPS) is 24.8. The molecule has 0 saturated heterocycles. The van der Waals surface area contributed by atoms with E-state index in [-0.39, 0.29) is 0 Å². The molecule has 120 valence electrons. The molecule has 1 aromatic rings. The number of hydrogen-bond donors (Lipinski definition) is 0. The predicted octanol–water partition coefficient (Wildman–Crippen LogP) is 6.44. The Morgan fingerprint density at radius 3 is 2.18 bits per heavy atom. The van der Waals surface area contributed by atoms with Gasteiger partial charge in [-0.2, -0.15) is 0 Å². The summed E-state index contributed by atoms with van der Waals surface area (Å²) in [5.41, 5.74) is 8.22. The van der Waals surface area contributed by atoms with E-state index >= 15 is 0 Å². The summed E-state index contributed by atoms with van der Waals surface area (Å²) in [4.78, 5) is 6.13. The van der Waals surface area contributed by atoms with E-state index < -0.39 is 0 Å². The maximum atomic E-state index is 4.71. The van der Waals surface area contributed by atoms with Crippen molar-refractivity contribution in [1.82, 2.24) is 4.98 Å². The summed E-state index contributed by atoms with van der Waals surface area (Å²) in [6.45, 7) is 18.1. The number of rotatable bonds is 2. The molecule has 0 spiro atoms. The second-order valence-corrected chi connectivity index (χ2v) is 8.58. The van der Waals surface area contributed by atoms with Crippen molar-refractivity contribution >= 4 is 22.9 Å². The van der Waals surface area contributed by atoms with Crippen LogP contribution in [0, 0.1) is 12.8 Å². The Bertz CT molecular complexity index is 635. The van der Waals surface area contributed by atoms with Gasteiger partial charge in [0.05, 0.1) is 0 Å². The fourth-order valence-electron chi connectivity index (χ4n) is 3.22. The molecule has 0 unspecified atom stereocenters. The number of pyridine rings is 1. The molecule has 0 aromatic carbocycles. The maximum absolute atomic E-state index is 4.71. The molecule has 1 atom stereocenters. The Kier molecular flexibility index (Phi) is 5.21. The van der Waals surface area contributed by atoms with Gasteiger partial charge in [0, 0.05) is 22.7 Å². The molecule has 1 aromatic heterocycles. The van der Waals surface area contributed by atoms with Gasteiger partial charge in [-0.1, -0.05) is 33.8 Å². The summed E-state index contributed by atoms with van der Waals surface area (Å²) in [6.07, 6.45) is 4.56. The van der Waals surface area contributed by atoms with Crippen molar-refractivity contribution in [3.8, 4) is 0 Å². The molecule has 2 rings (SSSR count). The predicted molar refractivity (Wildman–Crippen MR) is 101 cm³/mol. The van der Waals surface area contributed by atoms with Crippen LogP contribution < -0.4 is 0 Å². The van der Waals surface area contributed by atoms with Crippen LogP contribution in [0.4, 0.5) is 0 Å². The Balaban J connectivity index is 2.91. The van der Waals surface area contributed by atoms with Crippen molar-refractivity contribution in [2.24, 2.45) is 5.92 Å². The fourth-order valence-corrected chi connectivity index (χ4v) is 4.27. The molecular formula is C20H29NS. The average molecular weight is 316 g/mol. The Hall–Kier alpha value is -1.02. The largest absolute Gasteiger partial charge is 0.261 e. The van der Waals surface area contributed by atoms with E-state index in [0.29, 0.717) is 17.1 Å². The van der Waals surface area contributed by atoms with Crippen LogP contribution in [0.25, 0.3) is 11.1 Å². The second-order valence-electron chi connectivity index (χ2n) is 6.98. The average Bonchev–Trinajstić information content (AvgIpc) is 2.41. The van der Waals surface area contributed by atoms with E-state index in [4.69, 9.17) is 4.98 Å². The van der Waals surface area contributed by atoms with Crippen LogP contribution in [0.15, 0.2) is 17.2 Å². The first kappa shape index (κ1) is 17.3. The zero-order valence-electron chi connectivity index (χ0n) is 15.2. The van der Waals surface area contributed by atoms with Gasteiger partial charge in [-0.15, -0.1) is 11.8 Å². The first-order valence-electron chi connectivity index (χ1n) is 8.30. The number of hydrogen-bond acceptors (Lipinski definition) is 2. The fraction of sp³-hybridized carbons (Fsp3) is 0.550. The van der Waals surface area contributed by atoms with Crippen LogP contribution in [0.3, 0.4) is 0 Å². The lowest BCUT2D eigenvalue weighted by atomic mass is 9.82. The summed E-state index contributed by atoms with van der Waals surface area (Å²) in [7, 11) is 0. The number of thioether (sulfide) groups is 1. The first-order chi connectivity index (χ1) is 10.2. The van der Waals surface area contributed by atoms with Crippen LogP contribution >= 0.6 is 11.8 Å². The van der Waals surface area contributed by atoms with Crippen LogP contribution in [0.2, 0.25) is 0 Å². The van der Waals surface area contributed by atoms with E-state index in [2.05, 4.69) is 67.7 Å². The molecule has 0 bridgehead atoms. The maximum Gasteiger partial charge on any atom is 0.0454 e. The van der Waals surface area contributed by atoms with Crippen molar-refractivity contribution < 1.29 is 0 Å². The molecule has 2 heterocycles. The molecule has 1 nitrogen and oxygen atoms in total. The lowest BCUT2D eigenvalue weighted by Gasteiger charge is -2.27. The highest BCUT2D eigenvalue weighted by molar-refractivity contribution is 8.03.